The van der Waals surface area contributed by atoms with E-state index in [1.165, 1.54) is 7.05 Å². The maximum absolute atomic E-state index is 11.8. The van der Waals surface area contributed by atoms with Crippen LogP contribution in [-0.4, -0.2) is 36.9 Å². The number of nitrogen functional groups attached to an aromatic ring is 1. The minimum absolute atomic E-state index is 0.145. The van der Waals surface area contributed by atoms with E-state index in [0.29, 0.717) is 17.1 Å². The fourth-order valence-electron chi connectivity index (χ4n) is 1.84. The molecule has 1 heterocycles. The van der Waals surface area contributed by atoms with E-state index in [1.807, 2.05) is 0 Å². The average Bonchev–Trinajstić information content (AvgIpc) is 2.60. The first-order valence-electron chi connectivity index (χ1n) is 5.53. The number of likely N-dealkylation sites (tertiary alicyclic amines) is 1. The molecule has 1 fully saturated rings. The Labute approximate surface area is 105 Å². The van der Waals surface area contributed by atoms with Crippen LogP contribution >= 0.6 is 0 Å². The molecular weight excluding hydrogens is 234 g/mol. The molecule has 0 saturated carbocycles. The number of hydrogen-bond donors (Lipinski definition) is 2. The van der Waals surface area contributed by atoms with Crippen molar-refractivity contribution in [2.75, 3.05) is 25.2 Å². The summed E-state index contributed by atoms with van der Waals surface area (Å²) < 4.78 is 5.09. The number of nitrogens with one attached hydrogen (secondary N) is 1. The van der Waals surface area contributed by atoms with Crippen molar-refractivity contribution in [1.29, 1.82) is 0 Å². The van der Waals surface area contributed by atoms with E-state index in [4.69, 9.17) is 10.5 Å². The number of nitrogens with two attached hydrogens (primary N) is 1. The van der Waals surface area contributed by atoms with Crippen LogP contribution in [0.25, 0.3) is 0 Å². The van der Waals surface area contributed by atoms with Gasteiger partial charge in [0.25, 0.3) is 5.91 Å². The molecule has 6 heteroatoms. The maximum atomic E-state index is 11.8. The van der Waals surface area contributed by atoms with Crippen molar-refractivity contribution in [2.45, 2.75) is 12.5 Å². The Morgan fingerprint density at radius 1 is 1.44 bits per heavy atom. The molecule has 1 unspecified atom stereocenters. The van der Waals surface area contributed by atoms with Crippen LogP contribution in [0.15, 0.2) is 18.2 Å². The van der Waals surface area contributed by atoms with Crippen LogP contribution in [0.3, 0.4) is 0 Å². The molecule has 0 radical (unpaired) electrons. The molecule has 0 aromatic heterocycles. The largest absolute Gasteiger partial charge is 0.497 e. The highest BCUT2D eigenvalue weighted by Gasteiger charge is 2.36. The molecule has 1 aromatic carbocycles. The van der Waals surface area contributed by atoms with Crippen molar-refractivity contribution in [3.8, 4) is 5.75 Å². The lowest BCUT2D eigenvalue weighted by Crippen LogP contribution is -2.32. The molecule has 0 aliphatic carbocycles. The van der Waals surface area contributed by atoms with Crippen molar-refractivity contribution in [3.63, 3.8) is 0 Å². The van der Waals surface area contributed by atoms with Gasteiger partial charge in [-0.15, -0.1) is 0 Å². The van der Waals surface area contributed by atoms with Crippen molar-refractivity contribution in [2.24, 2.45) is 0 Å². The predicted octanol–water partition coefficient (Wildman–Crippen LogP) is 0.447. The van der Waals surface area contributed by atoms with E-state index in [-0.39, 0.29) is 18.2 Å². The maximum Gasteiger partial charge on any atom is 0.251 e. The first-order valence-corrected chi connectivity index (χ1v) is 5.53. The van der Waals surface area contributed by atoms with Gasteiger partial charge in [-0.25, -0.2) is 0 Å². The fraction of sp³-hybridized carbons (Fsp3) is 0.333. The Hall–Kier alpha value is -2.24. The molecule has 1 aliphatic rings. The standard InChI is InChI=1S/C12H15N3O3/c1-15-11(16)6-10(12(15)17)14-9-5-7(18-2)3-4-8(9)13/h3-5,10,14H,6,13H2,1-2H3. The molecule has 1 aromatic rings. The van der Waals surface area contributed by atoms with Gasteiger partial charge in [0.1, 0.15) is 11.8 Å². The number of carbonyl (C=O) groups excluding carboxylic acids is 2. The van der Waals surface area contributed by atoms with Crippen LogP contribution in [0, 0.1) is 0 Å². The summed E-state index contributed by atoms with van der Waals surface area (Å²) in [6.07, 6.45) is 0.145. The summed E-state index contributed by atoms with van der Waals surface area (Å²) in [5, 5.41) is 2.98. The summed E-state index contributed by atoms with van der Waals surface area (Å²) in [6, 6.07) is 4.56. The van der Waals surface area contributed by atoms with E-state index < -0.39 is 6.04 Å². The SMILES string of the molecule is COc1ccc(N)c(NC2CC(=O)N(C)C2=O)c1. The molecule has 2 amide bonds. The Morgan fingerprint density at radius 2 is 2.17 bits per heavy atom. The molecule has 18 heavy (non-hydrogen) atoms. The minimum atomic E-state index is -0.558. The topological polar surface area (TPSA) is 84.7 Å². The number of imide groups is 1. The summed E-state index contributed by atoms with van der Waals surface area (Å²) >= 11 is 0. The third kappa shape index (κ3) is 2.09. The van der Waals surface area contributed by atoms with Gasteiger partial charge in [-0.3, -0.25) is 14.5 Å². The lowest BCUT2D eigenvalue weighted by molar-refractivity contribution is -0.136. The molecule has 1 saturated heterocycles. The van der Waals surface area contributed by atoms with Crippen LogP contribution in [-0.2, 0) is 9.59 Å². The number of benzene rings is 1. The second-order valence-electron chi connectivity index (χ2n) is 4.15. The Morgan fingerprint density at radius 3 is 2.72 bits per heavy atom. The zero-order chi connectivity index (χ0) is 13.3. The highest BCUT2D eigenvalue weighted by molar-refractivity contribution is 6.06. The highest BCUT2D eigenvalue weighted by atomic mass is 16.5. The number of hydrogen-bond acceptors (Lipinski definition) is 5. The quantitative estimate of drug-likeness (QED) is 0.600. The highest BCUT2D eigenvalue weighted by Crippen LogP contribution is 2.26. The number of amides is 2. The van der Waals surface area contributed by atoms with E-state index in [2.05, 4.69) is 5.32 Å². The second-order valence-corrected chi connectivity index (χ2v) is 4.15. The molecule has 0 bridgehead atoms. The lowest BCUT2D eigenvalue weighted by Gasteiger charge is -2.15. The third-order valence-electron chi connectivity index (χ3n) is 2.97. The molecule has 0 spiro atoms. The van der Waals surface area contributed by atoms with Gasteiger partial charge >= 0.3 is 0 Å². The first-order chi connectivity index (χ1) is 8.52. The Kier molecular flexibility index (Phi) is 3.10. The monoisotopic (exact) mass is 249 g/mol. The van der Waals surface area contributed by atoms with Crippen LogP contribution in [0.2, 0.25) is 0 Å². The molecule has 1 atom stereocenters. The number of nitrogens with zero attached hydrogens (tertiary/aromatic N) is 1. The summed E-state index contributed by atoms with van der Waals surface area (Å²) in [7, 11) is 3.02. The van der Waals surface area contributed by atoms with E-state index in [9.17, 15) is 9.59 Å². The number of ether oxygens (including phenoxy) is 1. The zero-order valence-corrected chi connectivity index (χ0v) is 10.3. The fourth-order valence-corrected chi connectivity index (χ4v) is 1.84. The van der Waals surface area contributed by atoms with Crippen LogP contribution < -0.4 is 15.8 Å². The second kappa shape index (κ2) is 4.56. The van der Waals surface area contributed by atoms with Gasteiger partial charge in [-0.05, 0) is 12.1 Å². The minimum Gasteiger partial charge on any atom is -0.497 e. The molecular formula is C12H15N3O3. The Balaban J connectivity index is 2.19. The summed E-state index contributed by atoms with van der Waals surface area (Å²) in [6.45, 7) is 0. The number of carbonyl (C=O) groups is 2. The molecule has 1 aliphatic heterocycles. The molecule has 96 valence electrons. The van der Waals surface area contributed by atoms with Gasteiger partial charge in [0, 0.05) is 13.1 Å². The van der Waals surface area contributed by atoms with E-state index in [1.54, 1.807) is 25.3 Å². The number of anilines is 2. The van der Waals surface area contributed by atoms with Crippen LogP contribution in [0.4, 0.5) is 11.4 Å². The van der Waals surface area contributed by atoms with Crippen molar-refractivity contribution >= 4 is 23.2 Å². The third-order valence-corrected chi connectivity index (χ3v) is 2.97. The van der Waals surface area contributed by atoms with Gasteiger partial charge < -0.3 is 15.8 Å². The van der Waals surface area contributed by atoms with Crippen molar-refractivity contribution < 1.29 is 14.3 Å². The lowest BCUT2D eigenvalue weighted by atomic mass is 10.2. The average molecular weight is 249 g/mol. The van der Waals surface area contributed by atoms with E-state index >= 15 is 0 Å². The molecule has 3 N–H and O–H groups in total. The van der Waals surface area contributed by atoms with Crippen LogP contribution in [0.1, 0.15) is 6.42 Å². The zero-order valence-electron chi connectivity index (χ0n) is 10.3. The first kappa shape index (κ1) is 12.2. The predicted molar refractivity (Wildman–Crippen MR) is 67.2 cm³/mol. The van der Waals surface area contributed by atoms with Gasteiger partial charge in [0.05, 0.1) is 24.9 Å². The normalized spacial score (nSPS) is 19.2. The number of methoxy groups -OCH3 is 1. The summed E-state index contributed by atoms with van der Waals surface area (Å²) in [4.78, 5) is 24.3. The summed E-state index contributed by atoms with van der Waals surface area (Å²) in [5.74, 6) is 0.193. The molecule has 2 rings (SSSR count). The van der Waals surface area contributed by atoms with Crippen LogP contribution in [0.5, 0.6) is 5.75 Å². The van der Waals surface area contributed by atoms with Gasteiger partial charge in [0.15, 0.2) is 0 Å². The van der Waals surface area contributed by atoms with Gasteiger partial charge in [0.2, 0.25) is 5.91 Å². The van der Waals surface area contributed by atoms with Gasteiger partial charge in [-0.1, -0.05) is 0 Å². The smallest absolute Gasteiger partial charge is 0.251 e. The van der Waals surface area contributed by atoms with Crippen molar-refractivity contribution in [1.82, 2.24) is 4.90 Å². The number of likely N-dealkylation sites (N-methyl/N-ethyl adjacent to an activating group) is 1. The Bertz CT molecular complexity index is 501. The van der Waals surface area contributed by atoms with Crippen molar-refractivity contribution in [3.05, 3.63) is 18.2 Å². The van der Waals surface area contributed by atoms with E-state index in [0.717, 1.165) is 4.90 Å². The number of rotatable bonds is 3. The van der Waals surface area contributed by atoms with Gasteiger partial charge in [-0.2, -0.15) is 0 Å². The molecule has 6 nitrogen and oxygen atoms in total. The summed E-state index contributed by atoms with van der Waals surface area (Å²) in [5.41, 5.74) is 6.91.